The fourth-order valence-electron chi connectivity index (χ4n) is 2.60. The van der Waals surface area contributed by atoms with Gasteiger partial charge in [-0.05, 0) is 31.2 Å². The Hall–Kier alpha value is -3.53. The smallest absolute Gasteiger partial charge is 0.227 e. The number of nitrogens with one attached hydrogen (secondary N) is 2. The molecule has 1 amide bonds. The SMILES string of the molecule is Cc1ccc(NC(=O)CCc2nc(CSc3n[nH]c(-c4cccnc4)n3)no2)cc1. The molecular formula is C20H19N7O2S. The van der Waals surface area contributed by atoms with Crippen molar-refractivity contribution in [2.24, 2.45) is 0 Å². The molecule has 1 aromatic carbocycles. The standard InChI is InChI=1S/C20H19N7O2S/c1-13-4-6-15(7-5-13)22-17(28)8-9-18-23-16(27-29-18)12-30-20-24-19(25-26-20)14-3-2-10-21-11-14/h2-7,10-11H,8-9,12H2,1H3,(H,22,28)(H,24,25,26). The third kappa shape index (κ3) is 5.29. The van der Waals surface area contributed by atoms with Crippen LogP contribution in [0.1, 0.15) is 23.7 Å². The van der Waals surface area contributed by atoms with Crippen molar-refractivity contribution in [3.05, 3.63) is 66.1 Å². The molecule has 4 rings (SSSR count). The summed E-state index contributed by atoms with van der Waals surface area (Å²) in [6.07, 6.45) is 4.06. The number of aryl methyl sites for hydroxylation is 2. The Bertz CT molecular complexity index is 1110. The summed E-state index contributed by atoms with van der Waals surface area (Å²) in [4.78, 5) is 24.9. The first-order chi connectivity index (χ1) is 14.7. The van der Waals surface area contributed by atoms with Gasteiger partial charge in [0.25, 0.3) is 0 Å². The van der Waals surface area contributed by atoms with Crippen molar-refractivity contribution in [1.29, 1.82) is 0 Å². The molecule has 0 aliphatic carbocycles. The molecular weight excluding hydrogens is 402 g/mol. The van der Waals surface area contributed by atoms with Gasteiger partial charge in [-0.1, -0.05) is 34.6 Å². The number of aromatic nitrogens is 6. The predicted octanol–water partition coefficient (Wildman–Crippen LogP) is 3.42. The number of carbonyl (C=O) groups is 1. The number of hydrogen-bond acceptors (Lipinski definition) is 8. The molecule has 0 spiro atoms. The minimum absolute atomic E-state index is 0.100. The van der Waals surface area contributed by atoms with E-state index in [-0.39, 0.29) is 12.3 Å². The molecule has 0 bridgehead atoms. The monoisotopic (exact) mass is 421 g/mol. The van der Waals surface area contributed by atoms with E-state index in [9.17, 15) is 4.79 Å². The zero-order valence-corrected chi connectivity index (χ0v) is 17.0. The molecule has 0 aliphatic rings. The van der Waals surface area contributed by atoms with Crippen LogP contribution in [0.25, 0.3) is 11.4 Å². The van der Waals surface area contributed by atoms with E-state index in [0.717, 1.165) is 16.8 Å². The van der Waals surface area contributed by atoms with Crippen molar-refractivity contribution in [2.75, 3.05) is 5.32 Å². The molecule has 30 heavy (non-hydrogen) atoms. The highest BCUT2D eigenvalue weighted by molar-refractivity contribution is 7.98. The van der Waals surface area contributed by atoms with Gasteiger partial charge >= 0.3 is 0 Å². The van der Waals surface area contributed by atoms with Crippen LogP contribution in [0.3, 0.4) is 0 Å². The summed E-state index contributed by atoms with van der Waals surface area (Å²) in [6.45, 7) is 2.00. The summed E-state index contributed by atoms with van der Waals surface area (Å²) in [6, 6.07) is 11.4. The lowest BCUT2D eigenvalue weighted by Gasteiger charge is -2.04. The number of H-pyrrole nitrogens is 1. The maximum absolute atomic E-state index is 12.1. The van der Waals surface area contributed by atoms with Crippen LogP contribution in [0.15, 0.2) is 58.5 Å². The van der Waals surface area contributed by atoms with Gasteiger partial charge in [0.2, 0.25) is 17.0 Å². The number of nitrogens with zero attached hydrogens (tertiary/aromatic N) is 5. The second-order valence-corrected chi connectivity index (χ2v) is 7.46. The average molecular weight is 421 g/mol. The third-order valence-electron chi connectivity index (χ3n) is 4.14. The zero-order chi connectivity index (χ0) is 20.8. The van der Waals surface area contributed by atoms with E-state index in [4.69, 9.17) is 4.52 Å². The molecule has 0 aliphatic heterocycles. The highest BCUT2D eigenvalue weighted by Crippen LogP contribution is 2.21. The minimum atomic E-state index is -0.100. The number of amides is 1. The highest BCUT2D eigenvalue weighted by Gasteiger charge is 2.12. The fraction of sp³-hybridized carbons (Fsp3) is 0.200. The van der Waals surface area contributed by atoms with Crippen molar-refractivity contribution in [3.63, 3.8) is 0 Å². The lowest BCUT2D eigenvalue weighted by molar-refractivity contribution is -0.116. The van der Waals surface area contributed by atoms with Crippen molar-refractivity contribution in [3.8, 4) is 11.4 Å². The summed E-state index contributed by atoms with van der Waals surface area (Å²) < 4.78 is 5.23. The van der Waals surface area contributed by atoms with Gasteiger partial charge in [0.1, 0.15) is 0 Å². The fourth-order valence-corrected chi connectivity index (χ4v) is 3.24. The molecule has 3 aromatic heterocycles. The summed E-state index contributed by atoms with van der Waals surface area (Å²) in [5.41, 5.74) is 2.77. The van der Waals surface area contributed by atoms with Crippen molar-refractivity contribution < 1.29 is 9.32 Å². The number of benzene rings is 1. The van der Waals surface area contributed by atoms with Crippen LogP contribution in [0, 0.1) is 6.92 Å². The Labute approximate surface area is 176 Å². The Balaban J connectivity index is 1.25. The molecule has 10 heteroatoms. The summed E-state index contributed by atoms with van der Waals surface area (Å²) in [7, 11) is 0. The average Bonchev–Trinajstić information content (AvgIpc) is 3.43. The molecule has 0 unspecified atom stereocenters. The molecule has 0 saturated heterocycles. The molecule has 0 radical (unpaired) electrons. The summed E-state index contributed by atoms with van der Waals surface area (Å²) >= 11 is 1.39. The lowest BCUT2D eigenvalue weighted by atomic mass is 10.2. The molecule has 9 nitrogen and oxygen atoms in total. The number of anilines is 1. The Kier molecular flexibility index (Phi) is 6.14. The molecule has 4 aromatic rings. The topological polar surface area (TPSA) is 122 Å². The van der Waals surface area contributed by atoms with Gasteiger partial charge in [0.15, 0.2) is 11.6 Å². The zero-order valence-electron chi connectivity index (χ0n) is 16.2. The van der Waals surface area contributed by atoms with Crippen LogP contribution < -0.4 is 5.32 Å². The van der Waals surface area contributed by atoms with Crippen LogP contribution in [-0.2, 0) is 17.0 Å². The largest absolute Gasteiger partial charge is 0.339 e. The van der Waals surface area contributed by atoms with Gasteiger partial charge in [-0.15, -0.1) is 5.10 Å². The summed E-state index contributed by atoms with van der Waals surface area (Å²) in [5.74, 6) is 1.97. The van der Waals surface area contributed by atoms with E-state index in [0.29, 0.717) is 34.9 Å². The predicted molar refractivity (Wildman–Crippen MR) is 112 cm³/mol. The molecule has 2 N–H and O–H groups in total. The summed E-state index contributed by atoms with van der Waals surface area (Å²) in [5, 5.41) is 14.5. The molecule has 152 valence electrons. The number of hydrogen-bond donors (Lipinski definition) is 2. The molecule has 0 atom stereocenters. The third-order valence-corrected chi connectivity index (χ3v) is 4.98. The van der Waals surface area contributed by atoms with Crippen molar-refractivity contribution in [2.45, 2.75) is 30.7 Å². The van der Waals surface area contributed by atoms with Crippen LogP contribution in [0.2, 0.25) is 0 Å². The Morgan fingerprint density at radius 1 is 1.20 bits per heavy atom. The number of aromatic amines is 1. The number of pyridine rings is 1. The maximum Gasteiger partial charge on any atom is 0.227 e. The van der Waals surface area contributed by atoms with Crippen molar-refractivity contribution >= 4 is 23.4 Å². The van der Waals surface area contributed by atoms with Crippen molar-refractivity contribution in [1.82, 2.24) is 30.3 Å². The Morgan fingerprint density at radius 3 is 2.87 bits per heavy atom. The van der Waals surface area contributed by atoms with E-state index in [1.807, 2.05) is 43.3 Å². The van der Waals surface area contributed by atoms with E-state index in [1.54, 1.807) is 12.4 Å². The van der Waals surface area contributed by atoms with Crippen LogP contribution >= 0.6 is 11.8 Å². The molecule has 0 saturated carbocycles. The molecule has 3 heterocycles. The van der Waals surface area contributed by atoms with Gasteiger partial charge in [-0.2, -0.15) is 4.98 Å². The second kappa shape index (κ2) is 9.31. The second-order valence-electron chi connectivity index (χ2n) is 6.52. The number of thioether (sulfide) groups is 1. The van der Waals surface area contributed by atoms with E-state index in [2.05, 4.69) is 35.6 Å². The normalized spacial score (nSPS) is 10.8. The Morgan fingerprint density at radius 2 is 2.07 bits per heavy atom. The minimum Gasteiger partial charge on any atom is -0.339 e. The first-order valence-electron chi connectivity index (χ1n) is 9.29. The van der Waals surface area contributed by atoms with Gasteiger partial charge in [0.05, 0.1) is 5.75 Å². The van der Waals surface area contributed by atoms with Crippen LogP contribution in [-0.4, -0.2) is 36.2 Å². The number of carbonyl (C=O) groups excluding carboxylic acids is 1. The van der Waals surface area contributed by atoms with Gasteiger partial charge in [-0.25, -0.2) is 4.98 Å². The first kappa shape index (κ1) is 19.8. The number of rotatable bonds is 8. The van der Waals surface area contributed by atoms with Gasteiger partial charge in [-0.3, -0.25) is 14.9 Å². The lowest BCUT2D eigenvalue weighted by Crippen LogP contribution is -2.12. The van der Waals surface area contributed by atoms with Gasteiger partial charge in [0, 0.05) is 36.5 Å². The van der Waals surface area contributed by atoms with Crippen LogP contribution in [0.4, 0.5) is 5.69 Å². The van der Waals surface area contributed by atoms with Crippen LogP contribution in [0.5, 0.6) is 0 Å². The highest BCUT2D eigenvalue weighted by atomic mass is 32.2. The van der Waals surface area contributed by atoms with Gasteiger partial charge < -0.3 is 9.84 Å². The van der Waals surface area contributed by atoms with E-state index < -0.39 is 0 Å². The van der Waals surface area contributed by atoms with E-state index in [1.165, 1.54) is 11.8 Å². The quantitative estimate of drug-likeness (QED) is 0.415. The first-order valence-corrected chi connectivity index (χ1v) is 10.3. The maximum atomic E-state index is 12.1. The van der Waals surface area contributed by atoms with E-state index >= 15 is 0 Å². The molecule has 0 fully saturated rings.